The lowest BCUT2D eigenvalue weighted by molar-refractivity contribution is -0.277. The van der Waals surface area contributed by atoms with Crippen molar-refractivity contribution in [1.29, 1.82) is 0 Å². The first kappa shape index (κ1) is 17.2. The van der Waals surface area contributed by atoms with Crippen LogP contribution < -0.4 is 4.74 Å². The molecule has 1 fully saturated rings. The highest BCUT2D eigenvalue weighted by Gasteiger charge is 2.44. The summed E-state index contributed by atoms with van der Waals surface area (Å²) in [5, 5.41) is 38.6. The van der Waals surface area contributed by atoms with Gasteiger partial charge in [-0.2, -0.15) is 0 Å². The molecule has 0 unspecified atom stereocenters. The largest absolute Gasteiger partial charge is 0.462 e. The summed E-state index contributed by atoms with van der Waals surface area (Å²) in [5.74, 6) is 0.882. The van der Waals surface area contributed by atoms with Gasteiger partial charge in [0.2, 0.25) is 6.29 Å². The van der Waals surface area contributed by atoms with Gasteiger partial charge < -0.3 is 29.9 Å². The molecule has 1 heterocycles. The van der Waals surface area contributed by atoms with Crippen molar-refractivity contribution in [2.45, 2.75) is 57.4 Å². The molecule has 6 heteroatoms. The molecule has 2 rings (SSSR count). The van der Waals surface area contributed by atoms with Crippen molar-refractivity contribution < 1.29 is 29.9 Å². The Morgan fingerprint density at radius 1 is 1.14 bits per heavy atom. The van der Waals surface area contributed by atoms with Crippen molar-refractivity contribution in [3.05, 3.63) is 29.3 Å². The fourth-order valence-electron chi connectivity index (χ4n) is 2.67. The first-order valence-corrected chi connectivity index (χ1v) is 7.43. The molecule has 6 nitrogen and oxygen atoms in total. The standard InChI is InChI=1S/C16H24O6/c1-8(2)11-5-4-10(6-9(11)3)21-16-15(20)14(19)13(18)12(7-17)22-16/h4-6,8,12-20H,7H2,1-3H3/t12-,13-,14+,15-,16-/m1/s1. The van der Waals surface area contributed by atoms with Crippen molar-refractivity contribution in [3.8, 4) is 5.75 Å². The summed E-state index contributed by atoms with van der Waals surface area (Å²) in [4.78, 5) is 0. The van der Waals surface area contributed by atoms with Crippen LogP contribution in [-0.4, -0.2) is 57.7 Å². The summed E-state index contributed by atoms with van der Waals surface area (Å²) < 4.78 is 10.9. The van der Waals surface area contributed by atoms with Gasteiger partial charge in [0.05, 0.1) is 6.61 Å². The Balaban J connectivity index is 2.14. The molecule has 0 bridgehead atoms. The number of benzene rings is 1. The smallest absolute Gasteiger partial charge is 0.229 e. The number of rotatable bonds is 4. The average molecular weight is 312 g/mol. The minimum atomic E-state index is -1.44. The predicted molar refractivity (Wildman–Crippen MR) is 79.7 cm³/mol. The van der Waals surface area contributed by atoms with Gasteiger partial charge in [0, 0.05) is 0 Å². The van der Waals surface area contributed by atoms with Gasteiger partial charge >= 0.3 is 0 Å². The fraction of sp³-hybridized carbons (Fsp3) is 0.625. The maximum Gasteiger partial charge on any atom is 0.229 e. The molecule has 0 aliphatic carbocycles. The molecule has 1 aromatic rings. The van der Waals surface area contributed by atoms with E-state index in [1.165, 1.54) is 5.56 Å². The molecule has 1 aliphatic rings. The number of hydrogen-bond donors (Lipinski definition) is 4. The highest BCUT2D eigenvalue weighted by molar-refractivity contribution is 5.36. The average Bonchev–Trinajstić information content (AvgIpc) is 2.47. The van der Waals surface area contributed by atoms with E-state index in [0.717, 1.165) is 5.56 Å². The highest BCUT2D eigenvalue weighted by atomic mass is 16.7. The quantitative estimate of drug-likeness (QED) is 0.638. The fourth-order valence-corrected chi connectivity index (χ4v) is 2.67. The third-order valence-electron chi connectivity index (χ3n) is 3.96. The summed E-state index contributed by atoms with van der Waals surface area (Å²) >= 11 is 0. The Bertz CT molecular complexity index is 501. The molecular formula is C16H24O6. The molecule has 0 spiro atoms. The van der Waals surface area contributed by atoms with Crippen LogP contribution in [-0.2, 0) is 4.74 Å². The molecule has 0 radical (unpaired) electrons. The van der Waals surface area contributed by atoms with E-state index < -0.39 is 37.3 Å². The van der Waals surface area contributed by atoms with Gasteiger partial charge in [-0.05, 0) is 36.1 Å². The minimum Gasteiger partial charge on any atom is -0.462 e. The van der Waals surface area contributed by atoms with E-state index in [1.54, 1.807) is 6.07 Å². The van der Waals surface area contributed by atoms with Crippen LogP contribution in [0.25, 0.3) is 0 Å². The molecular weight excluding hydrogens is 288 g/mol. The highest BCUT2D eigenvalue weighted by Crippen LogP contribution is 2.27. The van der Waals surface area contributed by atoms with Crippen LogP contribution in [0, 0.1) is 6.92 Å². The summed E-state index contributed by atoms with van der Waals surface area (Å²) in [6.45, 7) is 5.69. The van der Waals surface area contributed by atoms with E-state index in [1.807, 2.05) is 19.1 Å². The molecule has 1 aliphatic heterocycles. The van der Waals surface area contributed by atoms with Crippen molar-refractivity contribution in [1.82, 2.24) is 0 Å². The molecule has 0 aromatic heterocycles. The lowest BCUT2D eigenvalue weighted by Crippen LogP contribution is -2.60. The summed E-state index contributed by atoms with van der Waals surface area (Å²) in [6, 6.07) is 5.54. The van der Waals surface area contributed by atoms with Crippen LogP contribution in [0.3, 0.4) is 0 Å². The molecule has 0 saturated carbocycles. The van der Waals surface area contributed by atoms with E-state index in [2.05, 4.69) is 13.8 Å². The number of hydrogen-bond acceptors (Lipinski definition) is 6. The van der Waals surface area contributed by atoms with Crippen LogP contribution in [0.1, 0.15) is 30.9 Å². The van der Waals surface area contributed by atoms with Gasteiger partial charge in [-0.3, -0.25) is 0 Å². The lowest BCUT2D eigenvalue weighted by Gasteiger charge is -2.39. The molecule has 22 heavy (non-hydrogen) atoms. The van der Waals surface area contributed by atoms with Crippen molar-refractivity contribution in [2.24, 2.45) is 0 Å². The summed E-state index contributed by atoms with van der Waals surface area (Å²) in [6.07, 6.45) is -6.35. The first-order chi connectivity index (χ1) is 10.3. The van der Waals surface area contributed by atoms with Crippen molar-refractivity contribution >= 4 is 0 Å². The van der Waals surface area contributed by atoms with Crippen molar-refractivity contribution in [2.75, 3.05) is 6.61 Å². The third kappa shape index (κ3) is 3.42. The zero-order valence-electron chi connectivity index (χ0n) is 13.0. The van der Waals surface area contributed by atoms with Gasteiger partial charge in [0.25, 0.3) is 0 Å². The van der Waals surface area contributed by atoms with E-state index in [9.17, 15) is 15.3 Å². The molecule has 1 aromatic carbocycles. The normalized spacial score (nSPS) is 32.3. The van der Waals surface area contributed by atoms with Gasteiger partial charge in [-0.15, -0.1) is 0 Å². The Kier molecular flexibility index (Phi) is 5.41. The topological polar surface area (TPSA) is 99.4 Å². The van der Waals surface area contributed by atoms with Gasteiger partial charge in [0.15, 0.2) is 0 Å². The van der Waals surface area contributed by atoms with Crippen LogP contribution in [0.4, 0.5) is 0 Å². The van der Waals surface area contributed by atoms with Gasteiger partial charge in [-0.1, -0.05) is 19.9 Å². The summed E-state index contributed by atoms with van der Waals surface area (Å²) in [7, 11) is 0. The Morgan fingerprint density at radius 2 is 1.82 bits per heavy atom. The molecule has 1 saturated heterocycles. The monoisotopic (exact) mass is 312 g/mol. The summed E-state index contributed by atoms with van der Waals surface area (Å²) in [5.41, 5.74) is 2.25. The maximum atomic E-state index is 9.95. The van der Waals surface area contributed by atoms with Crippen molar-refractivity contribution in [3.63, 3.8) is 0 Å². The molecule has 124 valence electrons. The van der Waals surface area contributed by atoms with E-state index in [4.69, 9.17) is 14.6 Å². The number of aryl methyl sites for hydroxylation is 1. The third-order valence-corrected chi connectivity index (χ3v) is 3.96. The zero-order chi connectivity index (χ0) is 16.4. The SMILES string of the molecule is Cc1cc(O[C@@H]2O[C@H](CO)[C@@H](O)[C@H](O)[C@H]2O)ccc1C(C)C. The lowest BCUT2D eigenvalue weighted by atomic mass is 9.98. The predicted octanol–water partition coefficient (Wildman–Crippen LogP) is 0.297. The van der Waals surface area contributed by atoms with Crippen LogP contribution in [0.15, 0.2) is 18.2 Å². The zero-order valence-corrected chi connectivity index (χ0v) is 13.0. The minimum absolute atomic E-state index is 0.390. The van der Waals surface area contributed by atoms with Crippen LogP contribution >= 0.6 is 0 Å². The van der Waals surface area contributed by atoms with Gasteiger partial charge in [0.1, 0.15) is 30.2 Å². The van der Waals surface area contributed by atoms with Gasteiger partial charge in [-0.25, -0.2) is 0 Å². The van der Waals surface area contributed by atoms with Crippen LogP contribution in [0.2, 0.25) is 0 Å². The molecule has 4 N–H and O–H groups in total. The Morgan fingerprint density at radius 3 is 2.36 bits per heavy atom. The number of aliphatic hydroxyl groups is 4. The van der Waals surface area contributed by atoms with E-state index in [-0.39, 0.29) is 0 Å². The maximum absolute atomic E-state index is 9.95. The van der Waals surface area contributed by atoms with E-state index in [0.29, 0.717) is 11.7 Å². The number of ether oxygens (including phenoxy) is 2. The second-order valence-electron chi connectivity index (χ2n) is 5.99. The second-order valence-corrected chi connectivity index (χ2v) is 5.99. The van der Waals surface area contributed by atoms with E-state index >= 15 is 0 Å². The Hall–Kier alpha value is -1.18. The Labute approximate surface area is 129 Å². The van der Waals surface area contributed by atoms with Crippen LogP contribution in [0.5, 0.6) is 5.75 Å². The number of aliphatic hydroxyl groups excluding tert-OH is 4. The first-order valence-electron chi connectivity index (χ1n) is 7.43. The molecule has 0 amide bonds. The second kappa shape index (κ2) is 6.93. The molecule has 5 atom stereocenters.